The fourth-order valence-corrected chi connectivity index (χ4v) is 3.38. The number of carbonyl (C=O) groups excluding carboxylic acids is 1. The van der Waals surface area contributed by atoms with Crippen molar-refractivity contribution in [1.29, 1.82) is 0 Å². The van der Waals surface area contributed by atoms with Crippen LogP contribution in [0.4, 0.5) is 0 Å². The third-order valence-electron chi connectivity index (χ3n) is 4.84. The van der Waals surface area contributed by atoms with Gasteiger partial charge in [0.05, 0.1) is 12.8 Å². The molecule has 0 aliphatic carbocycles. The van der Waals surface area contributed by atoms with E-state index < -0.39 is 11.5 Å². The Labute approximate surface area is 183 Å². The van der Waals surface area contributed by atoms with Crippen molar-refractivity contribution in [3.8, 4) is 5.75 Å². The molecule has 6 nitrogen and oxygen atoms in total. The largest absolute Gasteiger partial charge is 0.507 e. The van der Waals surface area contributed by atoms with E-state index in [1.54, 1.807) is 36.5 Å². The van der Waals surface area contributed by atoms with Crippen molar-refractivity contribution in [2.75, 3.05) is 0 Å². The van der Waals surface area contributed by atoms with E-state index in [9.17, 15) is 14.7 Å². The lowest BCUT2D eigenvalue weighted by molar-refractivity contribution is 0.0953. The average molecular weight is 432 g/mol. The molecule has 4 aromatic rings. The standard InChI is InChI=1S/C24H18ClN3O3/c25-18-10-7-16(8-11-18)15-28-13-3-6-20(24(28)31)23(30)27-26-14-21-19-5-2-1-4-17(19)9-12-22(21)29/h1-14,29H,15H2,(H,27,30)/b26-14-. The summed E-state index contributed by atoms with van der Waals surface area (Å²) in [5.41, 5.74) is 3.26. The second kappa shape index (κ2) is 8.85. The number of phenols is 1. The predicted octanol–water partition coefficient (Wildman–Crippen LogP) is 4.17. The van der Waals surface area contributed by atoms with Crippen molar-refractivity contribution in [1.82, 2.24) is 9.99 Å². The number of hydrogen-bond donors (Lipinski definition) is 2. The highest BCUT2D eigenvalue weighted by molar-refractivity contribution is 6.30. The van der Waals surface area contributed by atoms with Crippen LogP contribution < -0.4 is 11.0 Å². The Hall–Kier alpha value is -3.90. The topological polar surface area (TPSA) is 83.7 Å². The number of nitrogens with zero attached hydrogens (tertiary/aromatic N) is 2. The minimum absolute atomic E-state index is 0.0317. The Morgan fingerprint density at radius 2 is 1.81 bits per heavy atom. The maximum Gasteiger partial charge on any atom is 0.276 e. The van der Waals surface area contributed by atoms with Gasteiger partial charge in [0.1, 0.15) is 11.3 Å². The predicted molar refractivity (Wildman–Crippen MR) is 122 cm³/mol. The first kappa shape index (κ1) is 20.4. The molecular formula is C24H18ClN3O3. The van der Waals surface area contributed by atoms with E-state index in [2.05, 4.69) is 10.5 Å². The molecule has 0 saturated carbocycles. The fraction of sp³-hybridized carbons (Fsp3) is 0.0417. The van der Waals surface area contributed by atoms with Gasteiger partial charge in [0.2, 0.25) is 0 Å². The molecule has 0 bridgehead atoms. The van der Waals surface area contributed by atoms with Gasteiger partial charge in [-0.2, -0.15) is 5.10 Å². The van der Waals surface area contributed by atoms with E-state index >= 15 is 0 Å². The van der Waals surface area contributed by atoms with Crippen LogP contribution in [0.3, 0.4) is 0 Å². The third-order valence-corrected chi connectivity index (χ3v) is 5.09. The lowest BCUT2D eigenvalue weighted by Crippen LogP contribution is -2.30. The number of nitrogens with one attached hydrogen (secondary N) is 1. The van der Waals surface area contributed by atoms with Gasteiger partial charge in [-0.3, -0.25) is 9.59 Å². The summed E-state index contributed by atoms with van der Waals surface area (Å²) in [5.74, 6) is -0.590. The summed E-state index contributed by atoms with van der Waals surface area (Å²) in [5, 5.41) is 16.4. The van der Waals surface area contributed by atoms with Crippen LogP contribution in [0.5, 0.6) is 5.75 Å². The zero-order chi connectivity index (χ0) is 21.8. The summed E-state index contributed by atoms with van der Waals surface area (Å²) in [7, 11) is 0. The number of aromatic hydroxyl groups is 1. The Balaban J connectivity index is 1.54. The molecule has 0 radical (unpaired) electrons. The zero-order valence-electron chi connectivity index (χ0n) is 16.3. The van der Waals surface area contributed by atoms with E-state index in [0.29, 0.717) is 17.1 Å². The van der Waals surface area contributed by atoms with Crippen LogP contribution in [0, 0.1) is 0 Å². The Morgan fingerprint density at radius 1 is 1.03 bits per heavy atom. The summed E-state index contributed by atoms with van der Waals surface area (Å²) in [6.45, 7) is 0.310. The molecule has 1 aromatic heterocycles. The average Bonchev–Trinajstić information content (AvgIpc) is 2.78. The zero-order valence-corrected chi connectivity index (χ0v) is 17.1. The number of aromatic nitrogens is 1. The van der Waals surface area contributed by atoms with Crippen LogP contribution in [0.25, 0.3) is 10.8 Å². The first-order valence-electron chi connectivity index (χ1n) is 9.51. The van der Waals surface area contributed by atoms with Gasteiger partial charge in [0.25, 0.3) is 11.5 Å². The fourth-order valence-electron chi connectivity index (χ4n) is 3.26. The minimum atomic E-state index is -0.633. The number of benzene rings is 3. The maximum absolute atomic E-state index is 12.7. The quantitative estimate of drug-likeness (QED) is 0.367. The van der Waals surface area contributed by atoms with Crippen LogP contribution in [0.2, 0.25) is 5.02 Å². The third kappa shape index (κ3) is 4.49. The van der Waals surface area contributed by atoms with Crippen LogP contribution >= 0.6 is 11.6 Å². The summed E-state index contributed by atoms with van der Waals surface area (Å²) >= 11 is 5.90. The molecule has 0 spiro atoms. The van der Waals surface area contributed by atoms with Gasteiger partial charge in [-0.15, -0.1) is 0 Å². The van der Waals surface area contributed by atoms with E-state index in [0.717, 1.165) is 16.3 Å². The SMILES string of the molecule is O=C(N/N=C\c1c(O)ccc2ccccc12)c1cccn(Cc2ccc(Cl)cc2)c1=O. The van der Waals surface area contributed by atoms with Gasteiger partial charge < -0.3 is 9.67 Å². The number of halogens is 1. The number of fused-ring (bicyclic) bond motifs is 1. The number of phenolic OH excluding ortho intramolecular Hbond substituents is 1. The van der Waals surface area contributed by atoms with Gasteiger partial charge >= 0.3 is 0 Å². The van der Waals surface area contributed by atoms with Crippen molar-refractivity contribution >= 4 is 34.5 Å². The number of carbonyl (C=O) groups is 1. The second-order valence-corrected chi connectivity index (χ2v) is 7.34. The normalized spacial score (nSPS) is 11.1. The second-order valence-electron chi connectivity index (χ2n) is 6.90. The van der Waals surface area contributed by atoms with Gasteiger partial charge in [0.15, 0.2) is 0 Å². The van der Waals surface area contributed by atoms with Gasteiger partial charge in [0, 0.05) is 16.8 Å². The Bertz CT molecular complexity index is 1340. The van der Waals surface area contributed by atoms with Crippen LogP contribution in [-0.2, 0) is 6.54 Å². The molecule has 3 aromatic carbocycles. The number of rotatable bonds is 5. The summed E-state index contributed by atoms with van der Waals surface area (Å²) in [6.07, 6.45) is 2.98. The molecular weight excluding hydrogens is 414 g/mol. The minimum Gasteiger partial charge on any atom is -0.507 e. The smallest absolute Gasteiger partial charge is 0.276 e. The highest BCUT2D eigenvalue weighted by atomic mass is 35.5. The number of pyridine rings is 1. The number of amides is 1. The first-order valence-corrected chi connectivity index (χ1v) is 9.89. The lowest BCUT2D eigenvalue weighted by atomic mass is 10.0. The molecule has 0 atom stereocenters. The Morgan fingerprint density at radius 3 is 2.61 bits per heavy atom. The number of hydrogen-bond acceptors (Lipinski definition) is 4. The van der Waals surface area contributed by atoms with Gasteiger partial charge in [-0.1, -0.05) is 54.1 Å². The van der Waals surface area contributed by atoms with Crippen molar-refractivity contribution in [2.45, 2.75) is 6.54 Å². The van der Waals surface area contributed by atoms with Crippen molar-refractivity contribution in [2.24, 2.45) is 5.10 Å². The highest BCUT2D eigenvalue weighted by Gasteiger charge is 2.12. The van der Waals surface area contributed by atoms with Crippen LogP contribution in [0.15, 0.2) is 88.9 Å². The molecule has 0 aliphatic rings. The summed E-state index contributed by atoms with van der Waals surface area (Å²) in [4.78, 5) is 25.3. The lowest BCUT2D eigenvalue weighted by Gasteiger charge is -2.08. The monoisotopic (exact) mass is 431 g/mol. The van der Waals surface area contributed by atoms with Crippen LogP contribution in [-0.4, -0.2) is 21.8 Å². The van der Waals surface area contributed by atoms with Crippen LogP contribution in [0.1, 0.15) is 21.5 Å². The van der Waals surface area contributed by atoms with E-state index in [-0.39, 0.29) is 11.3 Å². The number of hydrazone groups is 1. The molecule has 0 aliphatic heterocycles. The van der Waals surface area contributed by atoms with E-state index in [1.807, 2.05) is 36.4 Å². The summed E-state index contributed by atoms with van der Waals surface area (Å²) < 4.78 is 1.44. The van der Waals surface area contributed by atoms with E-state index in [4.69, 9.17) is 11.6 Å². The van der Waals surface area contributed by atoms with Crippen molar-refractivity contribution in [3.05, 3.63) is 111 Å². The molecule has 4 rings (SSSR count). The van der Waals surface area contributed by atoms with Crippen molar-refractivity contribution in [3.63, 3.8) is 0 Å². The molecule has 154 valence electrons. The molecule has 7 heteroatoms. The molecule has 1 amide bonds. The highest BCUT2D eigenvalue weighted by Crippen LogP contribution is 2.25. The molecule has 0 unspecified atom stereocenters. The molecule has 0 saturated heterocycles. The molecule has 31 heavy (non-hydrogen) atoms. The van der Waals surface area contributed by atoms with Gasteiger partial charge in [-0.25, -0.2) is 5.43 Å². The van der Waals surface area contributed by atoms with Gasteiger partial charge in [-0.05, 0) is 46.7 Å². The molecule has 2 N–H and O–H groups in total. The van der Waals surface area contributed by atoms with E-state index in [1.165, 1.54) is 16.8 Å². The first-order chi connectivity index (χ1) is 15.0. The summed E-state index contributed by atoms with van der Waals surface area (Å²) in [6, 6.07) is 21.1. The molecule has 1 heterocycles. The van der Waals surface area contributed by atoms with Crippen molar-refractivity contribution < 1.29 is 9.90 Å². The Kier molecular flexibility index (Phi) is 5.82. The maximum atomic E-state index is 12.7. The molecule has 0 fully saturated rings.